The zero-order valence-corrected chi connectivity index (χ0v) is 8.45. The highest BCUT2D eigenvalue weighted by atomic mass is 16.5. The molecule has 2 atom stereocenters. The molecule has 4 nitrogen and oxygen atoms in total. The molecule has 1 saturated carbocycles. The molecule has 2 unspecified atom stereocenters. The van der Waals surface area contributed by atoms with E-state index in [-0.39, 0.29) is 5.97 Å². The summed E-state index contributed by atoms with van der Waals surface area (Å²) in [5.41, 5.74) is 5.72. The van der Waals surface area contributed by atoms with E-state index in [9.17, 15) is 4.79 Å². The van der Waals surface area contributed by atoms with Gasteiger partial charge in [-0.1, -0.05) is 6.42 Å². The number of morpholine rings is 1. The monoisotopic (exact) mass is 198 g/mol. The molecule has 2 rings (SSSR count). The normalized spacial score (nSPS) is 34.5. The van der Waals surface area contributed by atoms with E-state index in [4.69, 9.17) is 10.5 Å². The Balaban J connectivity index is 1.95. The van der Waals surface area contributed by atoms with Gasteiger partial charge in [0.05, 0.1) is 6.54 Å². The van der Waals surface area contributed by atoms with Crippen LogP contribution in [0.15, 0.2) is 0 Å². The summed E-state index contributed by atoms with van der Waals surface area (Å²) in [4.78, 5) is 13.4. The standard InChI is InChI=1S/C10H18N2O2/c11-6-8-2-1-3-9(8)12-4-5-14-10(13)7-12/h8-9H,1-7,11H2. The molecule has 0 aromatic carbocycles. The third-order valence-electron chi connectivity index (χ3n) is 3.36. The molecule has 2 N–H and O–H groups in total. The van der Waals surface area contributed by atoms with Crippen molar-refractivity contribution < 1.29 is 9.53 Å². The predicted octanol–water partition coefficient (Wildman–Crippen LogP) is -0.0274. The third-order valence-corrected chi connectivity index (χ3v) is 3.36. The lowest BCUT2D eigenvalue weighted by Crippen LogP contribution is -2.48. The summed E-state index contributed by atoms with van der Waals surface area (Å²) in [6, 6.07) is 0.521. The molecule has 4 heteroatoms. The van der Waals surface area contributed by atoms with Crippen molar-refractivity contribution in [3.8, 4) is 0 Å². The number of cyclic esters (lactones) is 1. The average molecular weight is 198 g/mol. The summed E-state index contributed by atoms with van der Waals surface area (Å²) >= 11 is 0. The van der Waals surface area contributed by atoms with Crippen molar-refractivity contribution in [2.45, 2.75) is 25.3 Å². The molecule has 0 aromatic rings. The second kappa shape index (κ2) is 4.28. The number of ether oxygens (including phenoxy) is 1. The number of esters is 1. The van der Waals surface area contributed by atoms with Gasteiger partial charge in [0.15, 0.2) is 0 Å². The van der Waals surface area contributed by atoms with Gasteiger partial charge in [-0.05, 0) is 25.3 Å². The molecule has 0 radical (unpaired) electrons. The van der Waals surface area contributed by atoms with Crippen molar-refractivity contribution in [3.63, 3.8) is 0 Å². The van der Waals surface area contributed by atoms with Gasteiger partial charge in [0, 0.05) is 12.6 Å². The Morgan fingerprint density at radius 2 is 2.36 bits per heavy atom. The number of nitrogens with zero attached hydrogens (tertiary/aromatic N) is 1. The lowest BCUT2D eigenvalue weighted by atomic mass is 10.0. The van der Waals surface area contributed by atoms with Crippen molar-refractivity contribution in [1.82, 2.24) is 4.90 Å². The first-order chi connectivity index (χ1) is 6.81. The van der Waals surface area contributed by atoms with E-state index < -0.39 is 0 Å². The van der Waals surface area contributed by atoms with Gasteiger partial charge in [-0.15, -0.1) is 0 Å². The van der Waals surface area contributed by atoms with E-state index in [0.29, 0.717) is 25.1 Å². The van der Waals surface area contributed by atoms with Crippen LogP contribution in [0, 0.1) is 5.92 Å². The molecule has 0 bridgehead atoms. The number of nitrogens with two attached hydrogens (primary N) is 1. The number of carbonyl (C=O) groups is 1. The van der Waals surface area contributed by atoms with E-state index in [1.807, 2.05) is 0 Å². The van der Waals surface area contributed by atoms with Gasteiger partial charge >= 0.3 is 5.97 Å². The maximum absolute atomic E-state index is 11.1. The van der Waals surface area contributed by atoms with Crippen LogP contribution in [0.2, 0.25) is 0 Å². The fraction of sp³-hybridized carbons (Fsp3) is 0.900. The third kappa shape index (κ3) is 1.91. The van der Waals surface area contributed by atoms with Gasteiger partial charge in [-0.2, -0.15) is 0 Å². The molecule has 1 aliphatic heterocycles. The van der Waals surface area contributed by atoms with Crippen molar-refractivity contribution in [2.75, 3.05) is 26.2 Å². The van der Waals surface area contributed by atoms with Gasteiger partial charge in [-0.3, -0.25) is 9.69 Å². The van der Waals surface area contributed by atoms with Crippen molar-refractivity contribution in [1.29, 1.82) is 0 Å². The Morgan fingerprint density at radius 1 is 1.50 bits per heavy atom. The minimum atomic E-state index is -0.0843. The quantitative estimate of drug-likeness (QED) is 0.633. The Labute approximate surface area is 84.4 Å². The minimum Gasteiger partial charge on any atom is -0.463 e. The number of hydrogen-bond donors (Lipinski definition) is 1. The summed E-state index contributed by atoms with van der Waals surface area (Å²) < 4.78 is 4.92. The summed E-state index contributed by atoms with van der Waals surface area (Å²) in [5.74, 6) is 0.500. The maximum Gasteiger partial charge on any atom is 0.320 e. The zero-order valence-electron chi connectivity index (χ0n) is 8.45. The highest BCUT2D eigenvalue weighted by molar-refractivity contribution is 5.72. The fourth-order valence-electron chi connectivity index (χ4n) is 2.62. The van der Waals surface area contributed by atoms with Crippen LogP contribution in [0.3, 0.4) is 0 Å². The fourth-order valence-corrected chi connectivity index (χ4v) is 2.62. The first kappa shape index (κ1) is 9.93. The van der Waals surface area contributed by atoms with Crippen LogP contribution in [0.5, 0.6) is 0 Å². The van der Waals surface area contributed by atoms with Gasteiger partial charge in [0.25, 0.3) is 0 Å². The second-order valence-corrected chi connectivity index (χ2v) is 4.18. The molecule has 1 saturated heterocycles. The van der Waals surface area contributed by atoms with Gasteiger partial charge in [-0.25, -0.2) is 0 Å². The van der Waals surface area contributed by atoms with E-state index in [1.54, 1.807) is 0 Å². The lowest BCUT2D eigenvalue weighted by molar-refractivity contribution is -0.152. The molecule has 2 aliphatic rings. The van der Waals surface area contributed by atoms with Crippen LogP contribution in [-0.2, 0) is 9.53 Å². The van der Waals surface area contributed by atoms with Crippen LogP contribution in [0.4, 0.5) is 0 Å². The molecule has 14 heavy (non-hydrogen) atoms. The Hall–Kier alpha value is -0.610. The van der Waals surface area contributed by atoms with Crippen LogP contribution in [0.1, 0.15) is 19.3 Å². The average Bonchev–Trinajstić information content (AvgIpc) is 2.65. The number of hydrogen-bond acceptors (Lipinski definition) is 4. The number of rotatable bonds is 2. The van der Waals surface area contributed by atoms with Gasteiger partial charge < -0.3 is 10.5 Å². The Kier molecular flexibility index (Phi) is 3.03. The van der Waals surface area contributed by atoms with E-state index >= 15 is 0 Å². The van der Waals surface area contributed by atoms with E-state index in [0.717, 1.165) is 13.1 Å². The maximum atomic E-state index is 11.1. The Bertz CT molecular complexity index is 220. The first-order valence-electron chi connectivity index (χ1n) is 5.41. The molecule has 80 valence electrons. The molecule has 0 amide bonds. The minimum absolute atomic E-state index is 0.0843. The van der Waals surface area contributed by atoms with Crippen LogP contribution < -0.4 is 5.73 Å². The number of carbonyl (C=O) groups excluding carboxylic acids is 1. The summed E-state index contributed by atoms with van der Waals surface area (Å²) in [7, 11) is 0. The Morgan fingerprint density at radius 3 is 3.07 bits per heavy atom. The molecule has 2 fully saturated rings. The SMILES string of the molecule is NCC1CCCC1N1CCOC(=O)C1. The van der Waals surface area contributed by atoms with E-state index in [1.165, 1.54) is 19.3 Å². The molecular formula is C10H18N2O2. The van der Waals surface area contributed by atoms with Crippen molar-refractivity contribution in [3.05, 3.63) is 0 Å². The van der Waals surface area contributed by atoms with Crippen LogP contribution >= 0.6 is 0 Å². The summed E-state index contributed by atoms with van der Waals surface area (Å²) in [6.07, 6.45) is 3.65. The predicted molar refractivity (Wildman–Crippen MR) is 52.7 cm³/mol. The summed E-state index contributed by atoms with van der Waals surface area (Å²) in [6.45, 7) is 2.64. The highest BCUT2D eigenvalue weighted by Gasteiger charge is 2.33. The van der Waals surface area contributed by atoms with Crippen molar-refractivity contribution >= 4 is 5.97 Å². The van der Waals surface area contributed by atoms with E-state index in [2.05, 4.69) is 4.90 Å². The van der Waals surface area contributed by atoms with Crippen molar-refractivity contribution in [2.24, 2.45) is 11.7 Å². The summed E-state index contributed by atoms with van der Waals surface area (Å²) in [5, 5.41) is 0. The zero-order chi connectivity index (χ0) is 9.97. The first-order valence-corrected chi connectivity index (χ1v) is 5.41. The second-order valence-electron chi connectivity index (χ2n) is 4.18. The molecule has 0 aromatic heterocycles. The van der Waals surface area contributed by atoms with Crippen LogP contribution in [-0.4, -0.2) is 43.2 Å². The lowest BCUT2D eigenvalue weighted by Gasteiger charge is -2.34. The van der Waals surface area contributed by atoms with Gasteiger partial charge in [0.2, 0.25) is 0 Å². The molecule has 1 heterocycles. The smallest absolute Gasteiger partial charge is 0.320 e. The van der Waals surface area contributed by atoms with Crippen LogP contribution in [0.25, 0.3) is 0 Å². The largest absolute Gasteiger partial charge is 0.463 e. The molecular weight excluding hydrogens is 180 g/mol. The van der Waals surface area contributed by atoms with Gasteiger partial charge in [0.1, 0.15) is 6.61 Å². The molecule has 1 aliphatic carbocycles. The molecule has 0 spiro atoms. The topological polar surface area (TPSA) is 55.6 Å². The highest BCUT2D eigenvalue weighted by Crippen LogP contribution is 2.29.